The van der Waals surface area contributed by atoms with Gasteiger partial charge in [0, 0.05) is 37.4 Å². The summed E-state index contributed by atoms with van der Waals surface area (Å²) in [5.74, 6) is 1.09. The van der Waals surface area contributed by atoms with Gasteiger partial charge in [0.25, 0.3) is 0 Å². The molecule has 2 aliphatic heterocycles. The Hall–Kier alpha value is -2.11. The number of benzene rings is 1. The summed E-state index contributed by atoms with van der Waals surface area (Å²) in [6, 6.07) is 12.5. The maximum atomic E-state index is 10.7. The summed E-state index contributed by atoms with van der Waals surface area (Å²) in [5, 5.41) is 0. The van der Waals surface area contributed by atoms with Crippen LogP contribution >= 0.6 is 0 Å². The number of furan rings is 1. The van der Waals surface area contributed by atoms with E-state index in [4.69, 9.17) is 9.15 Å². The fraction of sp³-hybridized carbons (Fsp3) is 0.389. The molecular weight excluding hydrogens is 292 g/mol. The van der Waals surface area contributed by atoms with Gasteiger partial charge in [0.15, 0.2) is 12.0 Å². The second-order valence-electron chi connectivity index (χ2n) is 6.08. The van der Waals surface area contributed by atoms with E-state index in [1.165, 1.54) is 5.69 Å². The molecule has 1 aromatic heterocycles. The van der Waals surface area contributed by atoms with Gasteiger partial charge in [-0.2, -0.15) is 0 Å². The molecule has 0 N–H and O–H groups in total. The molecule has 2 fully saturated rings. The van der Waals surface area contributed by atoms with E-state index >= 15 is 0 Å². The third kappa shape index (κ3) is 2.90. The molecule has 0 spiro atoms. The summed E-state index contributed by atoms with van der Waals surface area (Å²) in [4.78, 5) is 15.6. The number of nitrogens with zero attached hydrogens (tertiary/aromatic N) is 2. The SMILES string of the molecule is O=Cc1ccc(-c2ccc(N3CCN(C4COC4)CC3)cc2)o1. The molecule has 120 valence electrons. The standard InChI is InChI=1S/C18H20N2O3/c21-11-17-5-6-18(23-17)14-1-3-15(4-2-14)19-7-9-20(10-8-19)16-12-22-13-16/h1-6,11,16H,7-10,12-13H2. The molecule has 0 saturated carbocycles. The maximum absolute atomic E-state index is 10.7. The summed E-state index contributed by atoms with van der Waals surface area (Å²) in [6.07, 6.45) is 0.727. The van der Waals surface area contributed by atoms with E-state index in [0.717, 1.165) is 57.0 Å². The van der Waals surface area contributed by atoms with Crippen LogP contribution < -0.4 is 4.90 Å². The van der Waals surface area contributed by atoms with Crippen molar-refractivity contribution in [1.82, 2.24) is 4.90 Å². The van der Waals surface area contributed by atoms with Crippen molar-refractivity contribution in [2.45, 2.75) is 6.04 Å². The first-order chi connectivity index (χ1) is 11.3. The summed E-state index contributed by atoms with van der Waals surface area (Å²) < 4.78 is 10.7. The average Bonchev–Trinajstić information content (AvgIpc) is 3.03. The van der Waals surface area contributed by atoms with Crippen molar-refractivity contribution in [3.05, 3.63) is 42.2 Å². The Balaban J connectivity index is 1.41. The molecule has 5 heteroatoms. The molecule has 1 aromatic carbocycles. The minimum absolute atomic E-state index is 0.361. The lowest BCUT2D eigenvalue weighted by molar-refractivity contribution is -0.0660. The van der Waals surface area contributed by atoms with Gasteiger partial charge in [-0.3, -0.25) is 9.69 Å². The van der Waals surface area contributed by atoms with Crippen molar-refractivity contribution in [3.63, 3.8) is 0 Å². The molecule has 23 heavy (non-hydrogen) atoms. The number of anilines is 1. The highest BCUT2D eigenvalue weighted by atomic mass is 16.5. The van der Waals surface area contributed by atoms with Crippen molar-refractivity contribution in [2.24, 2.45) is 0 Å². The molecular formula is C18H20N2O3. The Bertz CT molecular complexity index is 668. The zero-order chi connectivity index (χ0) is 15.6. The Kier molecular flexibility index (Phi) is 3.89. The van der Waals surface area contributed by atoms with Gasteiger partial charge in [0.1, 0.15) is 5.76 Å². The van der Waals surface area contributed by atoms with Crippen LogP contribution in [0.25, 0.3) is 11.3 Å². The molecule has 2 aliphatic rings. The molecule has 0 radical (unpaired) electrons. The predicted molar refractivity (Wildman–Crippen MR) is 87.9 cm³/mol. The number of piperazine rings is 1. The van der Waals surface area contributed by atoms with Gasteiger partial charge in [0.2, 0.25) is 0 Å². The first-order valence-electron chi connectivity index (χ1n) is 8.06. The third-order valence-electron chi connectivity index (χ3n) is 4.71. The lowest BCUT2D eigenvalue weighted by Gasteiger charge is -2.43. The van der Waals surface area contributed by atoms with Crippen molar-refractivity contribution < 1.29 is 13.9 Å². The van der Waals surface area contributed by atoms with Crippen LogP contribution in [0.1, 0.15) is 10.6 Å². The van der Waals surface area contributed by atoms with Gasteiger partial charge in [-0.05, 0) is 36.4 Å². The Labute approximate surface area is 135 Å². The van der Waals surface area contributed by atoms with Gasteiger partial charge in [-0.25, -0.2) is 0 Å². The van der Waals surface area contributed by atoms with Crippen LogP contribution in [0.5, 0.6) is 0 Å². The molecule has 0 unspecified atom stereocenters. The van der Waals surface area contributed by atoms with E-state index in [1.807, 2.05) is 6.07 Å². The van der Waals surface area contributed by atoms with E-state index < -0.39 is 0 Å². The van der Waals surface area contributed by atoms with Crippen LogP contribution in [0.2, 0.25) is 0 Å². The summed E-state index contributed by atoms with van der Waals surface area (Å²) in [6.45, 7) is 6.06. The third-order valence-corrected chi connectivity index (χ3v) is 4.71. The highest BCUT2D eigenvalue weighted by molar-refractivity contribution is 5.73. The first-order valence-corrected chi connectivity index (χ1v) is 8.06. The summed E-state index contributed by atoms with van der Waals surface area (Å²) >= 11 is 0. The predicted octanol–water partition coefficient (Wildman–Crippen LogP) is 2.28. The largest absolute Gasteiger partial charge is 0.453 e. The van der Waals surface area contributed by atoms with Crippen LogP contribution in [-0.4, -0.2) is 56.6 Å². The Morgan fingerprint density at radius 3 is 2.26 bits per heavy atom. The smallest absolute Gasteiger partial charge is 0.185 e. The summed E-state index contributed by atoms with van der Waals surface area (Å²) in [5.41, 5.74) is 2.23. The second-order valence-corrected chi connectivity index (χ2v) is 6.08. The van der Waals surface area contributed by atoms with Crippen molar-refractivity contribution in [1.29, 1.82) is 0 Å². The molecule has 3 heterocycles. The molecule has 5 nitrogen and oxygen atoms in total. The molecule has 4 rings (SSSR count). The number of hydrogen-bond donors (Lipinski definition) is 0. The van der Waals surface area contributed by atoms with Gasteiger partial charge in [-0.15, -0.1) is 0 Å². The minimum Gasteiger partial charge on any atom is -0.453 e. The lowest BCUT2D eigenvalue weighted by atomic mass is 10.1. The fourth-order valence-electron chi connectivity index (χ4n) is 3.19. The monoisotopic (exact) mass is 312 g/mol. The Morgan fingerprint density at radius 2 is 1.70 bits per heavy atom. The number of ether oxygens (including phenoxy) is 1. The van der Waals surface area contributed by atoms with E-state index in [0.29, 0.717) is 11.8 Å². The zero-order valence-electron chi connectivity index (χ0n) is 13.0. The lowest BCUT2D eigenvalue weighted by Crippen LogP contribution is -2.56. The van der Waals surface area contributed by atoms with Crippen LogP contribution in [0.4, 0.5) is 5.69 Å². The first kappa shape index (κ1) is 14.5. The number of carbonyl (C=O) groups excluding carboxylic acids is 1. The molecule has 2 aromatic rings. The van der Waals surface area contributed by atoms with Gasteiger partial charge in [-0.1, -0.05) is 0 Å². The molecule has 0 atom stereocenters. The van der Waals surface area contributed by atoms with Crippen LogP contribution in [-0.2, 0) is 4.74 Å². The number of aldehydes is 1. The quantitative estimate of drug-likeness (QED) is 0.811. The number of hydrogen-bond acceptors (Lipinski definition) is 5. The molecule has 2 saturated heterocycles. The highest BCUT2D eigenvalue weighted by Crippen LogP contribution is 2.25. The van der Waals surface area contributed by atoms with Crippen molar-refractivity contribution >= 4 is 12.0 Å². The van der Waals surface area contributed by atoms with Gasteiger partial charge >= 0.3 is 0 Å². The molecule has 0 amide bonds. The van der Waals surface area contributed by atoms with E-state index in [1.54, 1.807) is 6.07 Å². The fourth-order valence-corrected chi connectivity index (χ4v) is 3.19. The van der Waals surface area contributed by atoms with Gasteiger partial charge < -0.3 is 14.1 Å². The van der Waals surface area contributed by atoms with E-state index in [2.05, 4.69) is 34.1 Å². The van der Waals surface area contributed by atoms with Crippen LogP contribution in [0.3, 0.4) is 0 Å². The van der Waals surface area contributed by atoms with Crippen LogP contribution in [0.15, 0.2) is 40.8 Å². The maximum Gasteiger partial charge on any atom is 0.185 e. The normalized spacial score (nSPS) is 19.6. The average molecular weight is 312 g/mol. The molecule has 0 aliphatic carbocycles. The topological polar surface area (TPSA) is 45.9 Å². The minimum atomic E-state index is 0.361. The number of rotatable bonds is 4. The Morgan fingerprint density at radius 1 is 0.957 bits per heavy atom. The van der Waals surface area contributed by atoms with Crippen molar-refractivity contribution in [3.8, 4) is 11.3 Å². The number of carbonyl (C=O) groups is 1. The highest BCUT2D eigenvalue weighted by Gasteiger charge is 2.28. The van der Waals surface area contributed by atoms with Gasteiger partial charge in [0.05, 0.1) is 19.3 Å². The second kappa shape index (κ2) is 6.18. The van der Waals surface area contributed by atoms with Crippen molar-refractivity contribution in [2.75, 3.05) is 44.3 Å². The van der Waals surface area contributed by atoms with E-state index in [9.17, 15) is 4.79 Å². The summed E-state index contributed by atoms with van der Waals surface area (Å²) in [7, 11) is 0. The van der Waals surface area contributed by atoms with Crippen LogP contribution in [0, 0.1) is 0 Å². The molecule has 0 bridgehead atoms. The zero-order valence-corrected chi connectivity index (χ0v) is 13.0. The van der Waals surface area contributed by atoms with E-state index in [-0.39, 0.29) is 0 Å².